The number of aryl methyl sites for hydroxylation is 1. The Kier molecular flexibility index (Phi) is 4.80. The van der Waals surface area contributed by atoms with Crippen LogP contribution in [-0.4, -0.2) is 24.5 Å². The Balaban J connectivity index is 2.13. The molecule has 1 atom stereocenters. The zero-order chi connectivity index (χ0) is 15.4. The highest BCUT2D eigenvalue weighted by atomic mass is 32.1. The molecule has 6 heteroatoms. The maximum absolute atomic E-state index is 12.1. The van der Waals surface area contributed by atoms with Gasteiger partial charge in [-0.2, -0.15) is 4.37 Å². The summed E-state index contributed by atoms with van der Waals surface area (Å²) < 4.78 is 14.6. The first-order chi connectivity index (χ1) is 10.0. The molecule has 1 N–H and O–H groups in total. The van der Waals surface area contributed by atoms with Crippen molar-refractivity contribution in [1.29, 1.82) is 0 Å². The van der Waals surface area contributed by atoms with Crippen LogP contribution in [0.2, 0.25) is 0 Å². The van der Waals surface area contributed by atoms with Crippen molar-refractivity contribution in [3.63, 3.8) is 0 Å². The van der Waals surface area contributed by atoms with E-state index in [0.717, 1.165) is 10.4 Å². The quantitative estimate of drug-likeness (QED) is 0.922. The fourth-order valence-corrected chi connectivity index (χ4v) is 2.49. The third kappa shape index (κ3) is 3.52. The van der Waals surface area contributed by atoms with E-state index in [9.17, 15) is 4.79 Å². The van der Waals surface area contributed by atoms with E-state index in [1.54, 1.807) is 20.3 Å². The van der Waals surface area contributed by atoms with Gasteiger partial charge in [0.05, 0.1) is 20.3 Å². The summed E-state index contributed by atoms with van der Waals surface area (Å²) in [6.45, 7) is 3.84. The lowest BCUT2D eigenvalue weighted by Crippen LogP contribution is -2.26. The number of nitrogens with zero attached hydrogens (tertiary/aromatic N) is 1. The van der Waals surface area contributed by atoms with Crippen LogP contribution in [0.3, 0.4) is 0 Å². The van der Waals surface area contributed by atoms with Gasteiger partial charge in [0.1, 0.15) is 5.69 Å². The molecule has 0 aliphatic carbocycles. The number of benzene rings is 1. The van der Waals surface area contributed by atoms with Crippen LogP contribution in [0, 0.1) is 6.92 Å². The highest BCUT2D eigenvalue weighted by Gasteiger charge is 2.15. The van der Waals surface area contributed by atoms with Gasteiger partial charge in [-0.25, -0.2) is 0 Å². The van der Waals surface area contributed by atoms with Crippen molar-refractivity contribution in [1.82, 2.24) is 9.69 Å². The molecule has 0 aliphatic rings. The first kappa shape index (κ1) is 15.3. The van der Waals surface area contributed by atoms with E-state index in [4.69, 9.17) is 9.47 Å². The number of hydrogen-bond acceptors (Lipinski definition) is 5. The minimum Gasteiger partial charge on any atom is -0.493 e. The molecule has 0 bridgehead atoms. The number of nitrogens with one attached hydrogen (secondary N) is 1. The Morgan fingerprint density at radius 3 is 2.52 bits per heavy atom. The predicted molar refractivity (Wildman–Crippen MR) is 82.3 cm³/mol. The second kappa shape index (κ2) is 6.58. The maximum Gasteiger partial charge on any atom is 0.271 e. The number of ether oxygens (including phenoxy) is 2. The first-order valence-corrected chi connectivity index (χ1v) is 7.28. The van der Waals surface area contributed by atoms with E-state index >= 15 is 0 Å². The molecule has 1 amide bonds. The Morgan fingerprint density at radius 2 is 1.95 bits per heavy atom. The van der Waals surface area contributed by atoms with Crippen LogP contribution < -0.4 is 14.8 Å². The predicted octanol–water partition coefficient (Wildman–Crippen LogP) is 2.96. The van der Waals surface area contributed by atoms with Crippen molar-refractivity contribution in [3.05, 3.63) is 40.4 Å². The van der Waals surface area contributed by atoms with E-state index in [2.05, 4.69) is 9.69 Å². The normalized spacial score (nSPS) is 11.8. The summed E-state index contributed by atoms with van der Waals surface area (Å²) >= 11 is 1.32. The number of aromatic nitrogens is 1. The van der Waals surface area contributed by atoms with E-state index in [1.807, 2.05) is 32.0 Å². The smallest absolute Gasteiger partial charge is 0.271 e. The molecule has 0 saturated heterocycles. The summed E-state index contributed by atoms with van der Waals surface area (Å²) in [6, 6.07) is 7.21. The van der Waals surface area contributed by atoms with Crippen LogP contribution in [-0.2, 0) is 0 Å². The zero-order valence-corrected chi connectivity index (χ0v) is 13.3. The van der Waals surface area contributed by atoms with Crippen molar-refractivity contribution in [2.75, 3.05) is 14.2 Å². The number of carbonyl (C=O) groups is 1. The van der Waals surface area contributed by atoms with Crippen molar-refractivity contribution < 1.29 is 14.3 Å². The largest absolute Gasteiger partial charge is 0.493 e. The molecule has 2 aromatic rings. The number of rotatable bonds is 5. The fourth-order valence-electron chi connectivity index (χ4n) is 1.95. The van der Waals surface area contributed by atoms with Crippen molar-refractivity contribution in [2.24, 2.45) is 0 Å². The summed E-state index contributed by atoms with van der Waals surface area (Å²) in [4.78, 5) is 13.1. The number of carbonyl (C=O) groups excluding carboxylic acids is 1. The molecular formula is C15H18N2O3S. The summed E-state index contributed by atoms with van der Waals surface area (Å²) in [6.07, 6.45) is 0. The van der Waals surface area contributed by atoms with Crippen LogP contribution in [0.5, 0.6) is 11.5 Å². The molecule has 0 radical (unpaired) electrons. The molecule has 0 fully saturated rings. The molecular weight excluding hydrogens is 288 g/mol. The Hall–Kier alpha value is -2.08. The van der Waals surface area contributed by atoms with Crippen molar-refractivity contribution >= 4 is 17.4 Å². The first-order valence-electron chi connectivity index (χ1n) is 6.51. The van der Waals surface area contributed by atoms with Crippen LogP contribution >= 0.6 is 11.5 Å². The van der Waals surface area contributed by atoms with Crippen molar-refractivity contribution in [3.8, 4) is 11.5 Å². The molecule has 0 spiro atoms. The van der Waals surface area contributed by atoms with Gasteiger partial charge in [-0.15, -0.1) is 0 Å². The highest BCUT2D eigenvalue weighted by Crippen LogP contribution is 2.29. The Labute approximate surface area is 128 Å². The van der Waals surface area contributed by atoms with E-state index in [1.165, 1.54) is 11.5 Å². The van der Waals surface area contributed by atoms with Gasteiger partial charge >= 0.3 is 0 Å². The SMILES string of the molecule is COc1ccc(C(C)NC(=O)c2cc(C)sn2)cc1OC. The third-order valence-electron chi connectivity index (χ3n) is 3.12. The molecule has 1 aromatic heterocycles. The molecule has 5 nitrogen and oxygen atoms in total. The van der Waals surface area contributed by atoms with Gasteiger partial charge in [-0.1, -0.05) is 6.07 Å². The van der Waals surface area contributed by atoms with Gasteiger partial charge < -0.3 is 14.8 Å². The summed E-state index contributed by atoms with van der Waals surface area (Å²) in [5.41, 5.74) is 1.39. The molecule has 0 saturated carbocycles. The monoisotopic (exact) mass is 306 g/mol. The molecule has 1 unspecified atom stereocenters. The number of methoxy groups -OCH3 is 2. The molecule has 112 valence electrons. The maximum atomic E-state index is 12.1. The topological polar surface area (TPSA) is 60.5 Å². The molecule has 1 heterocycles. The van der Waals surface area contributed by atoms with Gasteiger partial charge in [-0.3, -0.25) is 4.79 Å². The van der Waals surface area contributed by atoms with Crippen LogP contribution in [0.4, 0.5) is 0 Å². The van der Waals surface area contributed by atoms with Crippen LogP contribution in [0.25, 0.3) is 0 Å². The second-order valence-corrected chi connectivity index (χ2v) is 5.64. The molecule has 1 aromatic carbocycles. The molecule has 21 heavy (non-hydrogen) atoms. The van der Waals surface area contributed by atoms with Gasteiger partial charge in [0.15, 0.2) is 11.5 Å². The Morgan fingerprint density at radius 1 is 1.24 bits per heavy atom. The summed E-state index contributed by atoms with van der Waals surface area (Å²) in [5.74, 6) is 1.12. The van der Waals surface area contributed by atoms with E-state index in [-0.39, 0.29) is 11.9 Å². The van der Waals surface area contributed by atoms with E-state index < -0.39 is 0 Å². The van der Waals surface area contributed by atoms with Crippen LogP contribution in [0.15, 0.2) is 24.3 Å². The minimum absolute atomic E-state index is 0.153. The summed E-state index contributed by atoms with van der Waals surface area (Å²) in [7, 11) is 3.18. The molecule has 2 rings (SSSR count). The minimum atomic E-state index is -0.179. The summed E-state index contributed by atoms with van der Waals surface area (Å²) in [5, 5.41) is 2.92. The Bertz CT molecular complexity index is 640. The van der Waals surface area contributed by atoms with Crippen molar-refractivity contribution in [2.45, 2.75) is 19.9 Å². The lowest BCUT2D eigenvalue weighted by atomic mass is 10.1. The van der Waals surface area contributed by atoms with Gasteiger partial charge in [0, 0.05) is 4.88 Å². The highest BCUT2D eigenvalue weighted by molar-refractivity contribution is 7.05. The lowest BCUT2D eigenvalue weighted by molar-refractivity contribution is 0.0936. The zero-order valence-electron chi connectivity index (χ0n) is 12.5. The third-order valence-corrected chi connectivity index (χ3v) is 3.81. The van der Waals surface area contributed by atoms with Gasteiger partial charge in [0.25, 0.3) is 5.91 Å². The molecule has 0 aliphatic heterocycles. The lowest BCUT2D eigenvalue weighted by Gasteiger charge is -2.16. The number of amides is 1. The second-order valence-electron chi connectivity index (χ2n) is 4.63. The standard InChI is InChI=1S/C15H18N2O3S/c1-9-7-12(17-21-9)15(18)16-10(2)11-5-6-13(19-3)14(8-11)20-4/h5-8,10H,1-4H3,(H,16,18). The average Bonchev–Trinajstić information content (AvgIpc) is 2.93. The fraction of sp³-hybridized carbons (Fsp3) is 0.333. The van der Waals surface area contributed by atoms with Gasteiger partial charge in [-0.05, 0) is 49.1 Å². The van der Waals surface area contributed by atoms with Crippen LogP contribution in [0.1, 0.15) is 33.9 Å². The average molecular weight is 306 g/mol. The van der Waals surface area contributed by atoms with Gasteiger partial charge in [0.2, 0.25) is 0 Å². The van der Waals surface area contributed by atoms with E-state index in [0.29, 0.717) is 17.2 Å². The number of hydrogen-bond donors (Lipinski definition) is 1.